The summed E-state index contributed by atoms with van der Waals surface area (Å²) >= 11 is 0. The Morgan fingerprint density at radius 3 is 2.48 bits per heavy atom. The average Bonchev–Trinajstić information content (AvgIpc) is 3.04. The Bertz CT molecular complexity index is 918. The van der Waals surface area contributed by atoms with E-state index >= 15 is 0 Å². The van der Waals surface area contributed by atoms with Crippen LogP contribution in [0.4, 0.5) is 0 Å². The van der Waals surface area contributed by atoms with E-state index in [4.69, 9.17) is 20.3 Å². The zero-order chi connectivity index (χ0) is 20.6. The minimum absolute atomic E-state index is 0.307. The Morgan fingerprint density at radius 2 is 1.83 bits per heavy atom. The maximum absolute atomic E-state index is 6.42. The Hall–Kier alpha value is -2.53. The number of hydrogen-bond donors (Lipinski definition) is 1. The first kappa shape index (κ1) is 19.8. The Kier molecular flexibility index (Phi) is 5.26. The highest BCUT2D eigenvalue weighted by Crippen LogP contribution is 2.48. The van der Waals surface area contributed by atoms with E-state index in [1.165, 1.54) is 18.4 Å². The van der Waals surface area contributed by atoms with Crippen molar-refractivity contribution < 1.29 is 9.57 Å². The van der Waals surface area contributed by atoms with Gasteiger partial charge < -0.3 is 10.5 Å². The number of methoxy groups -OCH3 is 1. The third-order valence-corrected chi connectivity index (χ3v) is 6.48. The fraction of sp³-hybridized carbons (Fsp3) is 0.458. The first-order chi connectivity index (χ1) is 13.9. The van der Waals surface area contributed by atoms with Gasteiger partial charge in [-0.25, -0.2) is 14.9 Å². The predicted molar refractivity (Wildman–Crippen MR) is 116 cm³/mol. The molecule has 0 aromatic heterocycles. The van der Waals surface area contributed by atoms with Crippen molar-refractivity contribution in [1.82, 2.24) is 5.06 Å². The minimum Gasteiger partial charge on any atom is -0.497 e. The van der Waals surface area contributed by atoms with E-state index in [2.05, 4.69) is 44.2 Å². The van der Waals surface area contributed by atoms with E-state index in [9.17, 15) is 0 Å². The smallest absolute Gasteiger partial charge is 0.218 e. The lowest BCUT2D eigenvalue weighted by Crippen LogP contribution is -2.39. The molecular formula is C24H31N3O2. The predicted octanol–water partition coefficient (Wildman–Crippen LogP) is 4.84. The van der Waals surface area contributed by atoms with Crippen molar-refractivity contribution in [2.75, 3.05) is 14.2 Å². The summed E-state index contributed by atoms with van der Waals surface area (Å²) in [5.74, 6) is 2.35. The monoisotopic (exact) mass is 393 g/mol. The molecule has 1 fully saturated rings. The minimum atomic E-state index is -0.752. The zero-order valence-electron chi connectivity index (χ0n) is 17.8. The molecule has 1 aliphatic carbocycles. The molecule has 2 aliphatic rings. The summed E-state index contributed by atoms with van der Waals surface area (Å²) in [6.45, 7) is 4.46. The molecule has 2 aromatic carbocycles. The molecule has 5 heteroatoms. The summed E-state index contributed by atoms with van der Waals surface area (Å²) in [5.41, 5.74) is 9.95. The molecule has 0 spiro atoms. The second-order valence-corrected chi connectivity index (χ2v) is 8.47. The van der Waals surface area contributed by atoms with Gasteiger partial charge in [0.2, 0.25) is 11.7 Å². The van der Waals surface area contributed by atoms with Gasteiger partial charge in [0.25, 0.3) is 0 Å². The van der Waals surface area contributed by atoms with Crippen molar-refractivity contribution in [3.05, 3.63) is 53.6 Å². The molecule has 29 heavy (non-hydrogen) atoms. The standard InChI is InChI=1S/C24H31N3O2/c1-16-8-12-20(13-9-16)24(26-23(25)27(3)29-24)22-15-19(11-10-17(22)2)18-6-5-7-21(14-18)28-4/h5-7,10-11,14-16,20H,8-9,12-13H2,1-4H3,(H2,25,26). The van der Waals surface area contributed by atoms with E-state index in [1.807, 2.05) is 19.2 Å². The summed E-state index contributed by atoms with van der Waals surface area (Å²) in [5, 5.41) is 1.62. The van der Waals surface area contributed by atoms with Crippen molar-refractivity contribution in [2.24, 2.45) is 22.6 Å². The van der Waals surface area contributed by atoms with Gasteiger partial charge in [-0.2, -0.15) is 0 Å². The van der Waals surface area contributed by atoms with Crippen LogP contribution in [0.25, 0.3) is 11.1 Å². The second kappa shape index (κ2) is 7.71. The first-order valence-corrected chi connectivity index (χ1v) is 10.5. The van der Waals surface area contributed by atoms with Crippen LogP contribution in [0.2, 0.25) is 0 Å². The van der Waals surface area contributed by atoms with Gasteiger partial charge in [0.05, 0.1) is 7.11 Å². The molecule has 154 valence electrons. The Balaban J connectivity index is 1.81. The van der Waals surface area contributed by atoms with E-state index < -0.39 is 5.72 Å². The molecule has 0 amide bonds. The van der Waals surface area contributed by atoms with Gasteiger partial charge in [0.15, 0.2) is 0 Å². The quantitative estimate of drug-likeness (QED) is 0.807. The molecule has 0 saturated heterocycles. The fourth-order valence-electron chi connectivity index (χ4n) is 4.65. The Morgan fingerprint density at radius 1 is 1.10 bits per heavy atom. The SMILES string of the molecule is COc1cccc(-c2ccc(C)c(C3(C4CCC(C)CC4)N=C(N)N(C)O3)c2)c1. The number of rotatable bonds is 4. The van der Waals surface area contributed by atoms with Crippen LogP contribution in [0, 0.1) is 18.8 Å². The Labute approximate surface area is 173 Å². The molecule has 1 atom stereocenters. The third-order valence-electron chi connectivity index (χ3n) is 6.48. The number of hydroxylamine groups is 2. The maximum atomic E-state index is 6.42. The van der Waals surface area contributed by atoms with Crippen LogP contribution in [0.15, 0.2) is 47.5 Å². The molecule has 5 nitrogen and oxygen atoms in total. The maximum Gasteiger partial charge on any atom is 0.218 e. The van der Waals surface area contributed by atoms with Gasteiger partial charge >= 0.3 is 0 Å². The van der Waals surface area contributed by atoms with Gasteiger partial charge in [0.1, 0.15) is 5.75 Å². The molecule has 2 N–H and O–H groups in total. The van der Waals surface area contributed by atoms with Crippen LogP contribution < -0.4 is 10.5 Å². The van der Waals surface area contributed by atoms with E-state index in [-0.39, 0.29) is 0 Å². The van der Waals surface area contributed by atoms with Crippen LogP contribution in [-0.2, 0) is 10.6 Å². The van der Waals surface area contributed by atoms with Gasteiger partial charge in [-0.15, -0.1) is 0 Å². The van der Waals surface area contributed by atoms with Crippen LogP contribution in [0.3, 0.4) is 0 Å². The number of hydrogen-bond acceptors (Lipinski definition) is 5. The molecule has 1 aliphatic heterocycles. The van der Waals surface area contributed by atoms with Gasteiger partial charge in [0, 0.05) is 18.5 Å². The third kappa shape index (κ3) is 3.60. The first-order valence-electron chi connectivity index (χ1n) is 10.5. The molecule has 0 radical (unpaired) electrons. The van der Waals surface area contributed by atoms with Crippen LogP contribution in [0.1, 0.15) is 43.7 Å². The molecule has 1 heterocycles. The van der Waals surface area contributed by atoms with E-state index in [1.54, 1.807) is 12.2 Å². The number of nitrogens with zero attached hydrogens (tertiary/aromatic N) is 2. The van der Waals surface area contributed by atoms with Crippen LogP contribution in [-0.4, -0.2) is 25.2 Å². The van der Waals surface area contributed by atoms with E-state index in [0.717, 1.165) is 41.2 Å². The molecule has 2 aromatic rings. The summed E-state index contributed by atoms with van der Waals surface area (Å²) in [7, 11) is 3.53. The lowest BCUT2D eigenvalue weighted by molar-refractivity contribution is -0.203. The number of ether oxygens (including phenoxy) is 1. The zero-order valence-corrected chi connectivity index (χ0v) is 17.8. The highest BCUT2D eigenvalue weighted by molar-refractivity contribution is 5.79. The number of aryl methyl sites for hydroxylation is 1. The average molecular weight is 394 g/mol. The molecule has 4 rings (SSSR count). The largest absolute Gasteiger partial charge is 0.497 e. The summed E-state index contributed by atoms with van der Waals surface area (Å²) in [4.78, 5) is 11.3. The number of nitrogens with two attached hydrogens (primary N) is 1. The molecule has 1 saturated carbocycles. The van der Waals surface area contributed by atoms with Crippen molar-refractivity contribution in [3.8, 4) is 16.9 Å². The normalized spacial score (nSPS) is 27.0. The highest BCUT2D eigenvalue weighted by atomic mass is 16.7. The van der Waals surface area contributed by atoms with E-state index in [0.29, 0.717) is 11.9 Å². The van der Waals surface area contributed by atoms with Crippen LogP contribution >= 0.6 is 0 Å². The van der Waals surface area contributed by atoms with Crippen molar-refractivity contribution in [2.45, 2.75) is 45.3 Å². The summed E-state index contributed by atoms with van der Waals surface area (Å²) < 4.78 is 5.41. The van der Waals surface area contributed by atoms with Gasteiger partial charge in [-0.1, -0.05) is 44.0 Å². The van der Waals surface area contributed by atoms with Crippen molar-refractivity contribution >= 4 is 5.96 Å². The molecular weight excluding hydrogens is 362 g/mol. The van der Waals surface area contributed by atoms with Crippen molar-refractivity contribution in [3.63, 3.8) is 0 Å². The van der Waals surface area contributed by atoms with Gasteiger partial charge in [-0.05, 0) is 60.6 Å². The lowest BCUT2D eigenvalue weighted by atomic mass is 9.74. The van der Waals surface area contributed by atoms with Crippen LogP contribution in [0.5, 0.6) is 5.75 Å². The number of guanidine groups is 1. The summed E-state index contributed by atoms with van der Waals surface area (Å²) in [6, 6.07) is 14.7. The number of aliphatic imine (C=N–C) groups is 1. The molecule has 1 unspecified atom stereocenters. The molecule has 0 bridgehead atoms. The number of benzene rings is 2. The lowest BCUT2D eigenvalue weighted by Gasteiger charge is -2.39. The van der Waals surface area contributed by atoms with Gasteiger partial charge in [-0.3, -0.25) is 0 Å². The summed E-state index contributed by atoms with van der Waals surface area (Å²) in [6.07, 6.45) is 4.58. The fourth-order valence-corrected chi connectivity index (χ4v) is 4.65. The topological polar surface area (TPSA) is 60.1 Å². The highest BCUT2D eigenvalue weighted by Gasteiger charge is 2.49. The van der Waals surface area contributed by atoms with Crippen molar-refractivity contribution in [1.29, 1.82) is 0 Å². The second-order valence-electron chi connectivity index (χ2n) is 8.47.